The maximum absolute atomic E-state index is 11.2. The van der Waals surface area contributed by atoms with Crippen molar-refractivity contribution in [1.82, 2.24) is 9.78 Å². The zero-order chi connectivity index (χ0) is 13.4. The van der Waals surface area contributed by atoms with E-state index in [4.69, 9.17) is 5.11 Å². The number of aromatic nitrogens is 2. The van der Waals surface area contributed by atoms with Gasteiger partial charge in [0.1, 0.15) is 0 Å². The van der Waals surface area contributed by atoms with Crippen LogP contribution < -0.4 is 0 Å². The third-order valence-electron chi connectivity index (χ3n) is 3.27. The third kappa shape index (κ3) is 1.90. The van der Waals surface area contributed by atoms with E-state index in [1.165, 1.54) is 0 Å². The Bertz CT molecular complexity index is 627. The van der Waals surface area contributed by atoms with Crippen molar-refractivity contribution in [3.63, 3.8) is 0 Å². The Labute approximate surface area is 106 Å². The van der Waals surface area contributed by atoms with Crippen LogP contribution in [0.2, 0.25) is 0 Å². The lowest BCUT2D eigenvalue weighted by Crippen LogP contribution is -2.00. The van der Waals surface area contributed by atoms with E-state index in [1.54, 1.807) is 13.0 Å². The van der Waals surface area contributed by atoms with Gasteiger partial charge < -0.3 is 5.11 Å². The van der Waals surface area contributed by atoms with Gasteiger partial charge in [-0.2, -0.15) is 5.10 Å². The summed E-state index contributed by atoms with van der Waals surface area (Å²) in [6.07, 6.45) is 0. The molecular formula is C14H16N2O2. The van der Waals surface area contributed by atoms with Crippen LogP contribution in [-0.4, -0.2) is 20.9 Å². The van der Waals surface area contributed by atoms with Gasteiger partial charge in [-0.1, -0.05) is 12.1 Å². The summed E-state index contributed by atoms with van der Waals surface area (Å²) in [5.41, 5.74) is 4.98. The summed E-state index contributed by atoms with van der Waals surface area (Å²) in [5, 5.41) is 13.5. The Morgan fingerprint density at radius 2 is 1.94 bits per heavy atom. The van der Waals surface area contributed by atoms with Crippen molar-refractivity contribution in [3.05, 3.63) is 40.7 Å². The van der Waals surface area contributed by atoms with Gasteiger partial charge in [0, 0.05) is 18.3 Å². The van der Waals surface area contributed by atoms with E-state index in [0.29, 0.717) is 5.56 Å². The molecule has 0 fully saturated rings. The van der Waals surface area contributed by atoms with E-state index < -0.39 is 5.97 Å². The fourth-order valence-electron chi connectivity index (χ4n) is 2.20. The van der Waals surface area contributed by atoms with E-state index in [0.717, 1.165) is 28.1 Å². The SMILES string of the molecule is Cc1ccc(-c2c(C)nn(C)c2C)cc1C(=O)O. The average molecular weight is 244 g/mol. The summed E-state index contributed by atoms with van der Waals surface area (Å²) in [5.74, 6) is -0.895. The van der Waals surface area contributed by atoms with E-state index in [2.05, 4.69) is 5.10 Å². The van der Waals surface area contributed by atoms with Crippen molar-refractivity contribution >= 4 is 5.97 Å². The van der Waals surface area contributed by atoms with Gasteiger partial charge in [-0.3, -0.25) is 4.68 Å². The molecule has 4 heteroatoms. The first-order valence-electron chi connectivity index (χ1n) is 5.76. The lowest BCUT2D eigenvalue weighted by atomic mass is 9.98. The number of benzene rings is 1. The highest BCUT2D eigenvalue weighted by Crippen LogP contribution is 2.28. The number of hydrogen-bond acceptors (Lipinski definition) is 2. The molecule has 0 aliphatic rings. The molecule has 1 N–H and O–H groups in total. The molecule has 0 saturated heterocycles. The smallest absolute Gasteiger partial charge is 0.335 e. The Morgan fingerprint density at radius 1 is 1.28 bits per heavy atom. The van der Waals surface area contributed by atoms with Crippen LogP contribution in [0.25, 0.3) is 11.1 Å². The normalized spacial score (nSPS) is 10.7. The molecule has 1 heterocycles. The first kappa shape index (κ1) is 12.4. The Balaban J connectivity index is 2.65. The van der Waals surface area contributed by atoms with Gasteiger partial charge in [0.2, 0.25) is 0 Å². The summed E-state index contributed by atoms with van der Waals surface area (Å²) in [6.45, 7) is 5.72. The molecule has 0 unspecified atom stereocenters. The number of rotatable bonds is 2. The van der Waals surface area contributed by atoms with Crippen molar-refractivity contribution in [2.45, 2.75) is 20.8 Å². The summed E-state index contributed by atoms with van der Waals surface area (Å²) in [7, 11) is 1.89. The second-order valence-corrected chi connectivity index (χ2v) is 4.50. The molecule has 2 rings (SSSR count). The molecule has 0 amide bonds. The van der Waals surface area contributed by atoms with Crippen molar-refractivity contribution in [3.8, 4) is 11.1 Å². The van der Waals surface area contributed by atoms with Gasteiger partial charge in [0.15, 0.2) is 0 Å². The van der Waals surface area contributed by atoms with E-state index in [9.17, 15) is 4.79 Å². The monoisotopic (exact) mass is 244 g/mol. The van der Waals surface area contributed by atoms with Crippen LogP contribution in [0.15, 0.2) is 18.2 Å². The van der Waals surface area contributed by atoms with Gasteiger partial charge in [-0.05, 0) is 38.0 Å². The van der Waals surface area contributed by atoms with Crippen LogP contribution in [0.3, 0.4) is 0 Å². The van der Waals surface area contributed by atoms with Crippen molar-refractivity contribution in [1.29, 1.82) is 0 Å². The average Bonchev–Trinajstić information content (AvgIpc) is 2.54. The van der Waals surface area contributed by atoms with Gasteiger partial charge in [-0.15, -0.1) is 0 Å². The minimum absolute atomic E-state index is 0.343. The Hall–Kier alpha value is -2.10. The standard InChI is InChI=1S/C14H16N2O2/c1-8-5-6-11(7-12(8)14(17)18)13-9(2)15-16(4)10(13)3/h5-7H,1-4H3,(H,17,18). The summed E-state index contributed by atoms with van der Waals surface area (Å²) >= 11 is 0. The predicted octanol–water partition coefficient (Wildman–Crippen LogP) is 2.71. The summed E-state index contributed by atoms with van der Waals surface area (Å²) < 4.78 is 1.81. The highest BCUT2D eigenvalue weighted by molar-refractivity contribution is 5.91. The predicted molar refractivity (Wildman–Crippen MR) is 69.8 cm³/mol. The quantitative estimate of drug-likeness (QED) is 0.883. The first-order valence-corrected chi connectivity index (χ1v) is 5.76. The second kappa shape index (κ2) is 4.29. The third-order valence-corrected chi connectivity index (χ3v) is 3.27. The molecule has 94 valence electrons. The van der Waals surface area contributed by atoms with Crippen molar-refractivity contribution in [2.75, 3.05) is 0 Å². The van der Waals surface area contributed by atoms with E-state index in [-0.39, 0.29) is 0 Å². The Morgan fingerprint density at radius 3 is 2.44 bits per heavy atom. The Kier molecular flexibility index (Phi) is 2.95. The molecular weight excluding hydrogens is 228 g/mol. The van der Waals surface area contributed by atoms with Crippen LogP contribution >= 0.6 is 0 Å². The number of nitrogens with zero attached hydrogens (tertiary/aromatic N) is 2. The molecule has 0 aliphatic heterocycles. The van der Waals surface area contributed by atoms with Gasteiger partial charge in [-0.25, -0.2) is 4.79 Å². The van der Waals surface area contributed by atoms with Gasteiger partial charge >= 0.3 is 5.97 Å². The molecule has 4 nitrogen and oxygen atoms in total. The summed E-state index contributed by atoms with van der Waals surface area (Å²) in [6, 6.07) is 5.50. The molecule has 0 saturated carbocycles. The van der Waals surface area contributed by atoms with Crippen LogP contribution in [0.5, 0.6) is 0 Å². The van der Waals surface area contributed by atoms with Crippen LogP contribution in [0.1, 0.15) is 27.3 Å². The number of carboxylic acids is 1. The first-order chi connectivity index (χ1) is 8.41. The molecule has 0 atom stereocenters. The molecule has 2 aromatic rings. The maximum Gasteiger partial charge on any atom is 0.335 e. The molecule has 0 spiro atoms. The molecule has 0 aliphatic carbocycles. The molecule has 1 aromatic heterocycles. The van der Waals surface area contributed by atoms with Crippen LogP contribution in [-0.2, 0) is 7.05 Å². The number of carboxylic acid groups (broad SMARTS) is 1. The fraction of sp³-hybridized carbons (Fsp3) is 0.286. The molecule has 18 heavy (non-hydrogen) atoms. The van der Waals surface area contributed by atoms with Crippen molar-refractivity contribution < 1.29 is 9.90 Å². The minimum Gasteiger partial charge on any atom is -0.478 e. The highest BCUT2D eigenvalue weighted by atomic mass is 16.4. The lowest BCUT2D eigenvalue weighted by Gasteiger charge is -2.06. The second-order valence-electron chi connectivity index (χ2n) is 4.50. The van der Waals surface area contributed by atoms with E-state index in [1.807, 2.05) is 37.7 Å². The van der Waals surface area contributed by atoms with Crippen molar-refractivity contribution in [2.24, 2.45) is 7.05 Å². The number of aromatic carboxylic acids is 1. The molecule has 0 radical (unpaired) electrons. The summed E-state index contributed by atoms with van der Waals surface area (Å²) in [4.78, 5) is 11.2. The number of hydrogen-bond donors (Lipinski definition) is 1. The van der Waals surface area contributed by atoms with Crippen LogP contribution in [0.4, 0.5) is 0 Å². The largest absolute Gasteiger partial charge is 0.478 e. The highest BCUT2D eigenvalue weighted by Gasteiger charge is 2.14. The zero-order valence-electron chi connectivity index (χ0n) is 11.0. The zero-order valence-corrected chi connectivity index (χ0v) is 11.0. The topological polar surface area (TPSA) is 55.1 Å². The fourth-order valence-corrected chi connectivity index (χ4v) is 2.20. The maximum atomic E-state index is 11.2. The number of carbonyl (C=O) groups is 1. The van der Waals surface area contributed by atoms with E-state index >= 15 is 0 Å². The number of aryl methyl sites for hydroxylation is 3. The van der Waals surface area contributed by atoms with Crippen LogP contribution in [0, 0.1) is 20.8 Å². The lowest BCUT2D eigenvalue weighted by molar-refractivity contribution is 0.0696. The van der Waals surface area contributed by atoms with Gasteiger partial charge in [0.25, 0.3) is 0 Å². The minimum atomic E-state index is -0.895. The molecule has 1 aromatic carbocycles. The molecule has 0 bridgehead atoms. The van der Waals surface area contributed by atoms with Gasteiger partial charge in [0.05, 0.1) is 11.3 Å².